The van der Waals surface area contributed by atoms with Crippen LogP contribution in [0.15, 0.2) is 97.1 Å². The van der Waals surface area contributed by atoms with Crippen LogP contribution in [0, 0.1) is 0 Å². The Kier molecular flexibility index (Phi) is 6.45. The van der Waals surface area contributed by atoms with Crippen molar-refractivity contribution in [2.24, 2.45) is 0 Å². The van der Waals surface area contributed by atoms with Gasteiger partial charge in [0.25, 0.3) is 0 Å². The number of aromatic amines is 2. The summed E-state index contributed by atoms with van der Waals surface area (Å²) in [6.45, 7) is 0. The first-order valence-electron chi connectivity index (χ1n) is 13.0. The Morgan fingerprint density at radius 2 is 0.571 bits per heavy atom. The molecule has 5 heterocycles. The van der Waals surface area contributed by atoms with Crippen molar-refractivity contribution in [1.29, 1.82) is 0 Å². The van der Waals surface area contributed by atoms with Crippen LogP contribution < -0.4 is 0 Å². The van der Waals surface area contributed by atoms with Crippen molar-refractivity contribution >= 4 is 71.4 Å². The van der Waals surface area contributed by atoms with Crippen LogP contribution in [-0.2, 0) is 17.1 Å². The summed E-state index contributed by atoms with van der Waals surface area (Å²) >= 11 is 0. The fourth-order valence-electron chi connectivity index (χ4n) is 5.59. The van der Waals surface area contributed by atoms with Gasteiger partial charge in [0.05, 0.1) is 0 Å². The van der Waals surface area contributed by atoms with Gasteiger partial charge in [0.2, 0.25) is 0 Å². The Labute approximate surface area is 269 Å². The van der Waals surface area contributed by atoms with E-state index < -0.39 is 0 Å². The molecule has 3 aromatic heterocycles. The quantitative estimate of drug-likeness (QED) is 0.184. The molecular formula is C32H20FeN8Pb. The Balaban J connectivity index is 0.00000144. The van der Waals surface area contributed by atoms with Gasteiger partial charge in [0.15, 0.2) is 23.3 Å². The maximum atomic E-state index is 5.02. The van der Waals surface area contributed by atoms with Crippen LogP contribution in [0.3, 0.4) is 0 Å². The fourth-order valence-corrected chi connectivity index (χ4v) is 5.59. The first-order chi connectivity index (χ1) is 19.8. The first-order valence-corrected chi connectivity index (χ1v) is 13.0. The van der Waals surface area contributed by atoms with Crippen LogP contribution in [0.4, 0.5) is 0 Å². The zero-order chi connectivity index (χ0) is 26.2. The van der Waals surface area contributed by atoms with Crippen molar-refractivity contribution in [3.8, 4) is 45.6 Å². The van der Waals surface area contributed by atoms with Gasteiger partial charge < -0.3 is 9.97 Å². The van der Waals surface area contributed by atoms with Crippen LogP contribution >= 0.6 is 0 Å². The summed E-state index contributed by atoms with van der Waals surface area (Å²) in [5.41, 5.74) is 6.45. The second-order valence-corrected chi connectivity index (χ2v) is 9.79. The Hall–Kier alpha value is -4.32. The van der Waals surface area contributed by atoms with Crippen molar-refractivity contribution < 1.29 is 17.1 Å². The molecule has 8 nitrogen and oxygen atoms in total. The van der Waals surface area contributed by atoms with E-state index in [0.717, 1.165) is 43.8 Å². The Morgan fingerprint density at radius 1 is 0.333 bits per heavy atom. The van der Waals surface area contributed by atoms with E-state index in [-0.39, 0.29) is 44.4 Å². The van der Waals surface area contributed by atoms with E-state index in [1.165, 1.54) is 0 Å². The van der Waals surface area contributed by atoms with Crippen LogP contribution in [0.5, 0.6) is 0 Å². The van der Waals surface area contributed by atoms with Crippen LogP contribution in [0.1, 0.15) is 0 Å². The number of nitrogens with one attached hydrogen (secondary N) is 2. The van der Waals surface area contributed by atoms with E-state index in [1.807, 2.05) is 97.1 Å². The third kappa shape index (κ3) is 3.99. The summed E-state index contributed by atoms with van der Waals surface area (Å²) in [4.78, 5) is 36.8. The maximum absolute atomic E-state index is 5.02. The zero-order valence-corrected chi connectivity index (χ0v) is 28.6. The maximum Gasteiger partial charge on any atom is 0.164 e. The number of hydrogen-bond donors (Lipinski definition) is 2. The minimum absolute atomic E-state index is 0. The normalized spacial score (nSPS) is 11.4. The van der Waals surface area contributed by atoms with Gasteiger partial charge in [-0.3, -0.25) is 0 Å². The smallest absolute Gasteiger partial charge is 0.164 e. The molecule has 2 radical (unpaired) electrons. The molecule has 2 aliphatic rings. The van der Waals surface area contributed by atoms with Crippen molar-refractivity contribution in [3.63, 3.8) is 0 Å². The average molecular weight is 780 g/mol. The van der Waals surface area contributed by atoms with Gasteiger partial charge in [-0.25, -0.2) is 29.9 Å². The van der Waals surface area contributed by atoms with Gasteiger partial charge in [0.1, 0.15) is 22.6 Å². The Morgan fingerprint density at radius 3 is 0.833 bits per heavy atom. The van der Waals surface area contributed by atoms with Gasteiger partial charge in [-0.2, -0.15) is 0 Å². The molecule has 0 spiro atoms. The van der Waals surface area contributed by atoms with Gasteiger partial charge in [0, 0.05) is 60.9 Å². The van der Waals surface area contributed by atoms with Crippen LogP contribution in [0.25, 0.3) is 89.7 Å². The van der Waals surface area contributed by atoms with Crippen molar-refractivity contribution in [1.82, 2.24) is 39.9 Å². The molecule has 0 aliphatic carbocycles. The van der Waals surface area contributed by atoms with E-state index in [0.29, 0.717) is 45.9 Å². The summed E-state index contributed by atoms with van der Waals surface area (Å²) in [5, 5.41) is 3.82. The minimum atomic E-state index is 0. The summed E-state index contributed by atoms with van der Waals surface area (Å²) in [6.07, 6.45) is 0. The fraction of sp³-hybridized carbons (Fsp3) is 0. The number of benzene rings is 4. The molecule has 0 unspecified atom stereocenters. The summed E-state index contributed by atoms with van der Waals surface area (Å²) in [6, 6.07) is 32.2. The topological polar surface area (TPSA) is 109 Å². The summed E-state index contributed by atoms with van der Waals surface area (Å²) < 4.78 is 0. The first kappa shape index (κ1) is 26.6. The van der Waals surface area contributed by atoms with E-state index in [2.05, 4.69) is 9.97 Å². The van der Waals surface area contributed by atoms with Gasteiger partial charge in [-0.15, -0.1) is 0 Å². The van der Waals surface area contributed by atoms with Crippen molar-refractivity contribution in [3.05, 3.63) is 97.1 Å². The number of fused-ring (bicyclic) bond motifs is 20. The molecule has 0 amide bonds. The van der Waals surface area contributed by atoms with E-state index in [9.17, 15) is 0 Å². The molecule has 0 saturated carbocycles. The molecule has 9 rings (SSSR count). The van der Waals surface area contributed by atoms with E-state index >= 15 is 0 Å². The van der Waals surface area contributed by atoms with Crippen molar-refractivity contribution in [2.75, 3.05) is 0 Å². The molecule has 4 aromatic carbocycles. The van der Waals surface area contributed by atoms with Gasteiger partial charge in [-0.1, -0.05) is 97.1 Å². The monoisotopic (exact) mass is 780 g/mol. The SMILES string of the molecule is [Fe].[PbH2].c1ccc2c(c1)-c1nc-2nc2[nH]c(nc3nc(nc4[nH]c(n1)c1ccccc41)-c1ccccc1-3)c1ccccc21. The van der Waals surface area contributed by atoms with Gasteiger partial charge in [-0.05, 0) is 0 Å². The largest absolute Gasteiger partial charge is 0.324 e. The molecule has 42 heavy (non-hydrogen) atoms. The molecule has 10 heteroatoms. The molecule has 0 saturated heterocycles. The number of aromatic nitrogens is 8. The van der Waals surface area contributed by atoms with E-state index in [1.54, 1.807) is 0 Å². The average Bonchev–Trinajstić information content (AvgIpc) is 3.73. The summed E-state index contributed by atoms with van der Waals surface area (Å²) in [5.74, 6) is 2.39. The molecule has 7 aromatic rings. The van der Waals surface area contributed by atoms with Crippen LogP contribution in [0.2, 0.25) is 0 Å². The third-order valence-electron chi connectivity index (χ3n) is 7.46. The third-order valence-corrected chi connectivity index (χ3v) is 7.46. The predicted molar refractivity (Wildman–Crippen MR) is 165 cm³/mol. The summed E-state index contributed by atoms with van der Waals surface area (Å²) in [7, 11) is 0. The molecule has 0 fully saturated rings. The molecule has 8 bridgehead atoms. The second kappa shape index (κ2) is 10.2. The predicted octanol–water partition coefficient (Wildman–Crippen LogP) is 5.95. The molecule has 0 atom stereocenters. The van der Waals surface area contributed by atoms with Crippen molar-refractivity contribution in [2.45, 2.75) is 0 Å². The number of hydrogen-bond acceptors (Lipinski definition) is 6. The van der Waals surface area contributed by atoms with E-state index in [4.69, 9.17) is 29.9 Å². The number of nitrogens with zero attached hydrogens (tertiary/aromatic N) is 6. The molecule has 2 N–H and O–H groups in total. The zero-order valence-electron chi connectivity index (χ0n) is 22.0. The Bertz CT molecular complexity index is 2040. The molecular weight excluding hydrogens is 759 g/mol. The minimum Gasteiger partial charge on any atom is -0.324 e. The second-order valence-electron chi connectivity index (χ2n) is 9.79. The van der Waals surface area contributed by atoms with Crippen LogP contribution in [-0.4, -0.2) is 67.2 Å². The standard InChI is InChI=1S/C32H18N8.Fe.Pb.2H/c1-2-10-18-17(9-1)25-33-26(18)38-28-21-13-5-6-14-22(21)30(35-28)40-32-24-16-8-7-15-23(24)31(36-32)39-29-20-12-4-3-11-19(20)27(34-29)37-25;;;;/h1-16H,(H2,33,34,35,36,37,38,39,40);;;;. The molecule has 2 aliphatic heterocycles. The van der Waals surface area contributed by atoms with Gasteiger partial charge >= 0.3 is 27.3 Å². The number of H-pyrrole nitrogens is 2. The number of rotatable bonds is 0. The molecule has 200 valence electrons.